The summed E-state index contributed by atoms with van der Waals surface area (Å²) in [4.78, 5) is 0. The molecular weight excluding hydrogens is 190 g/mol. The second-order valence-electron chi connectivity index (χ2n) is 2.10. The van der Waals surface area contributed by atoms with Crippen molar-refractivity contribution in [2.45, 2.75) is 6.92 Å². The molecule has 74 valence electrons. The quantitative estimate of drug-likeness (QED) is 0.209. The van der Waals surface area contributed by atoms with E-state index in [0.29, 0.717) is 10.7 Å². The molecule has 0 saturated carbocycles. The van der Waals surface area contributed by atoms with Crippen LogP contribution in [0.3, 0.4) is 0 Å². The van der Waals surface area contributed by atoms with Gasteiger partial charge in [-0.3, -0.25) is 0 Å². The lowest BCUT2D eigenvalue weighted by atomic mass is 10.4. The number of nitrogens with zero attached hydrogens (tertiary/aromatic N) is 1. The van der Waals surface area contributed by atoms with E-state index in [0.717, 1.165) is 0 Å². The number of amidine groups is 1. The van der Waals surface area contributed by atoms with Crippen LogP contribution in [0.1, 0.15) is 6.92 Å². The predicted molar refractivity (Wildman–Crippen MR) is 56.5 cm³/mol. The summed E-state index contributed by atoms with van der Waals surface area (Å²) in [6.45, 7) is 8.33. The molecule has 0 unspecified atom stereocenters. The van der Waals surface area contributed by atoms with Crippen LogP contribution >= 0.6 is 11.6 Å². The van der Waals surface area contributed by atoms with Gasteiger partial charge < -0.3 is 16.7 Å². The van der Waals surface area contributed by atoms with Crippen LogP contribution in [0.4, 0.5) is 0 Å². The average Bonchev–Trinajstić information content (AvgIpc) is 2.02. The molecule has 4 nitrogen and oxygen atoms in total. The monoisotopic (exact) mass is 203 g/mol. The smallest absolute Gasteiger partial charge is 0.135 e. The number of halogens is 1. The minimum atomic E-state index is 0.185. The Morgan fingerprint density at radius 2 is 1.77 bits per heavy atom. The maximum absolute atomic E-state index is 7.61. The highest BCUT2D eigenvalue weighted by Crippen LogP contribution is 1.98. The van der Waals surface area contributed by atoms with Crippen molar-refractivity contribution in [2.24, 2.45) is 16.6 Å². The van der Waals surface area contributed by atoms with E-state index in [1.165, 1.54) is 6.92 Å². The zero-order valence-corrected chi connectivity index (χ0v) is 8.25. The molecule has 0 atom stereocenters. The molecule has 0 aliphatic heterocycles. The third kappa shape index (κ3) is 25.0. The molecule has 0 amide bonds. The second-order valence-corrected chi connectivity index (χ2v) is 2.58. The highest BCUT2D eigenvalue weighted by Gasteiger charge is 1.75. The van der Waals surface area contributed by atoms with E-state index >= 15 is 0 Å². The molecule has 0 aromatic carbocycles. The van der Waals surface area contributed by atoms with Crippen LogP contribution in [0.5, 0.6) is 0 Å². The molecule has 0 aromatic heterocycles. The van der Waals surface area contributed by atoms with Crippen LogP contribution in [-0.2, 0) is 0 Å². The van der Waals surface area contributed by atoms with Crippen molar-refractivity contribution in [1.82, 2.24) is 0 Å². The minimum absolute atomic E-state index is 0.185. The van der Waals surface area contributed by atoms with Gasteiger partial charge in [-0.15, -0.1) is 0 Å². The van der Waals surface area contributed by atoms with Crippen LogP contribution in [0.15, 0.2) is 41.2 Å². The number of rotatable bonds is 2. The molecule has 0 radical (unpaired) electrons. The fourth-order valence-electron chi connectivity index (χ4n) is 0.197. The van der Waals surface area contributed by atoms with E-state index < -0.39 is 0 Å². The summed E-state index contributed by atoms with van der Waals surface area (Å²) in [5, 5.41) is 10.6. The molecule has 0 rings (SSSR count). The first-order valence-electron chi connectivity index (χ1n) is 3.31. The number of allylic oxidation sites excluding steroid dienone is 3. The normalized spacial score (nSPS) is 10.5. The third-order valence-corrected chi connectivity index (χ3v) is 0.762. The first kappa shape index (κ1) is 14.1. The lowest BCUT2D eigenvalue weighted by molar-refractivity contribution is 0.318. The molecule has 0 aromatic rings. The summed E-state index contributed by atoms with van der Waals surface area (Å²) >= 11 is 5.34. The van der Waals surface area contributed by atoms with Crippen LogP contribution < -0.4 is 11.5 Å². The Kier molecular flexibility index (Phi) is 9.42. The maximum atomic E-state index is 7.61. The van der Waals surface area contributed by atoms with Crippen molar-refractivity contribution in [3.05, 3.63) is 36.0 Å². The van der Waals surface area contributed by atoms with Crippen LogP contribution in [0.2, 0.25) is 0 Å². The summed E-state index contributed by atoms with van der Waals surface area (Å²) in [5.74, 6) is 0.185. The Morgan fingerprint density at radius 1 is 1.38 bits per heavy atom. The van der Waals surface area contributed by atoms with Crippen molar-refractivity contribution < 1.29 is 5.21 Å². The summed E-state index contributed by atoms with van der Waals surface area (Å²) in [5.41, 5.74) is 10.4. The molecule has 0 saturated heterocycles. The molecule has 5 heteroatoms. The minimum Gasteiger partial charge on any atom is -0.409 e. The first-order valence-corrected chi connectivity index (χ1v) is 3.69. The summed E-state index contributed by atoms with van der Waals surface area (Å²) in [6, 6.07) is 0. The number of hydrogen-bond acceptors (Lipinski definition) is 3. The molecule has 0 fully saturated rings. The fourth-order valence-corrected chi connectivity index (χ4v) is 0.260. The van der Waals surface area contributed by atoms with E-state index in [2.05, 4.69) is 18.3 Å². The van der Waals surface area contributed by atoms with Gasteiger partial charge in [-0.05, 0) is 19.1 Å². The van der Waals surface area contributed by atoms with Crippen molar-refractivity contribution in [3.8, 4) is 0 Å². The van der Waals surface area contributed by atoms with Gasteiger partial charge in [-0.2, -0.15) is 0 Å². The van der Waals surface area contributed by atoms with E-state index in [1.54, 1.807) is 12.2 Å². The van der Waals surface area contributed by atoms with E-state index in [4.69, 9.17) is 28.3 Å². The lowest BCUT2D eigenvalue weighted by Gasteiger charge is -1.83. The molecular formula is C8H14ClN3O. The fraction of sp³-hybridized carbons (Fsp3) is 0.125. The molecule has 0 aliphatic rings. The van der Waals surface area contributed by atoms with Crippen LogP contribution in [0, 0.1) is 0 Å². The van der Waals surface area contributed by atoms with Gasteiger partial charge in [0.15, 0.2) is 0 Å². The zero-order valence-electron chi connectivity index (χ0n) is 7.50. The highest BCUT2D eigenvalue weighted by molar-refractivity contribution is 6.30. The Bertz CT molecular complexity index is 214. The summed E-state index contributed by atoms with van der Waals surface area (Å²) in [7, 11) is 0. The molecule has 0 aliphatic carbocycles. The average molecular weight is 204 g/mol. The van der Waals surface area contributed by atoms with Gasteiger partial charge in [0.25, 0.3) is 0 Å². The molecule has 5 N–H and O–H groups in total. The Hall–Kier alpha value is -1.42. The maximum Gasteiger partial charge on any atom is 0.135 e. The van der Waals surface area contributed by atoms with Gasteiger partial charge in [0.2, 0.25) is 0 Å². The Morgan fingerprint density at radius 3 is 1.85 bits per heavy atom. The zero-order chi connectivity index (χ0) is 10.9. The number of nitrogens with two attached hydrogens (primary N) is 2. The number of oxime groups is 1. The lowest BCUT2D eigenvalue weighted by Crippen LogP contribution is -2.03. The SMILES string of the molecule is C/C(N)=N/O.C=C(N)/C=C\C(=C)Cl. The third-order valence-electron chi connectivity index (χ3n) is 0.636. The van der Waals surface area contributed by atoms with Crippen molar-refractivity contribution >= 4 is 17.4 Å². The second kappa shape index (κ2) is 8.67. The number of hydrogen-bond donors (Lipinski definition) is 3. The van der Waals surface area contributed by atoms with Gasteiger partial charge >= 0.3 is 0 Å². The van der Waals surface area contributed by atoms with E-state index in [9.17, 15) is 0 Å². The largest absolute Gasteiger partial charge is 0.409 e. The highest BCUT2D eigenvalue weighted by atomic mass is 35.5. The van der Waals surface area contributed by atoms with Gasteiger partial charge in [0.1, 0.15) is 5.84 Å². The first-order chi connectivity index (χ1) is 5.90. The predicted octanol–water partition coefficient (Wildman–Crippen LogP) is 1.52. The van der Waals surface area contributed by atoms with Gasteiger partial charge in [0, 0.05) is 10.7 Å². The van der Waals surface area contributed by atoms with E-state index in [-0.39, 0.29) is 5.84 Å². The van der Waals surface area contributed by atoms with Gasteiger partial charge in [-0.25, -0.2) is 0 Å². The molecule has 0 bridgehead atoms. The Balaban J connectivity index is 0. The van der Waals surface area contributed by atoms with Gasteiger partial charge in [0.05, 0.1) is 0 Å². The molecule has 13 heavy (non-hydrogen) atoms. The molecule has 0 spiro atoms. The standard InChI is InChI=1S/C6H8ClN.C2H6N2O/c1-5(7)3-4-6(2)8;1-2(3)4-5/h3-4H,1-2,8H2;5H,1H3,(H2,3,4)/b4-3-;. The van der Waals surface area contributed by atoms with Crippen molar-refractivity contribution in [3.63, 3.8) is 0 Å². The molecule has 0 heterocycles. The van der Waals surface area contributed by atoms with E-state index in [1.807, 2.05) is 0 Å². The van der Waals surface area contributed by atoms with Gasteiger partial charge in [-0.1, -0.05) is 29.9 Å². The summed E-state index contributed by atoms with van der Waals surface area (Å²) < 4.78 is 0. The van der Waals surface area contributed by atoms with Crippen LogP contribution in [0.25, 0.3) is 0 Å². The Labute approximate surface area is 82.9 Å². The van der Waals surface area contributed by atoms with Crippen LogP contribution in [-0.4, -0.2) is 11.0 Å². The summed E-state index contributed by atoms with van der Waals surface area (Å²) in [6.07, 6.45) is 3.18. The van der Waals surface area contributed by atoms with Crippen molar-refractivity contribution in [2.75, 3.05) is 0 Å². The topological polar surface area (TPSA) is 84.6 Å². The van der Waals surface area contributed by atoms with Crippen molar-refractivity contribution in [1.29, 1.82) is 0 Å².